The number of ether oxygens (including phenoxy) is 1. The molecule has 0 aliphatic rings. The summed E-state index contributed by atoms with van der Waals surface area (Å²) in [7, 11) is 1.01. The molecule has 0 fully saturated rings. The molecule has 0 aliphatic carbocycles. The maximum Gasteiger partial charge on any atom is 0.311 e. The summed E-state index contributed by atoms with van der Waals surface area (Å²) in [6.45, 7) is 0. The molecular formula is C9H7F3N2O4. The van der Waals surface area contributed by atoms with E-state index in [1.54, 1.807) is 0 Å². The highest BCUT2D eigenvalue weighted by Crippen LogP contribution is 2.26. The maximum atomic E-state index is 13.5. The van der Waals surface area contributed by atoms with Crippen LogP contribution in [0.5, 0.6) is 0 Å². The van der Waals surface area contributed by atoms with Crippen LogP contribution in [0, 0.1) is 15.9 Å². The zero-order valence-corrected chi connectivity index (χ0v) is 9.02. The van der Waals surface area contributed by atoms with Crippen molar-refractivity contribution >= 4 is 11.7 Å². The average molecular weight is 264 g/mol. The predicted molar refractivity (Wildman–Crippen MR) is 51.5 cm³/mol. The monoisotopic (exact) mass is 264 g/mol. The highest BCUT2D eigenvalue weighted by Gasteiger charge is 2.25. The van der Waals surface area contributed by atoms with Gasteiger partial charge in [0.2, 0.25) is 5.82 Å². The summed E-state index contributed by atoms with van der Waals surface area (Å²) < 4.78 is 42.5. The molecule has 6 nitrogen and oxygen atoms in total. The first kappa shape index (κ1) is 13.9. The Hall–Kier alpha value is -2.19. The number of hydrogen-bond acceptors (Lipinski definition) is 5. The van der Waals surface area contributed by atoms with Gasteiger partial charge in [-0.25, -0.2) is 13.8 Å². The van der Waals surface area contributed by atoms with E-state index in [9.17, 15) is 28.1 Å². The lowest BCUT2D eigenvalue weighted by atomic mass is 10.2. The fraction of sp³-hybridized carbons (Fsp3) is 0.333. The highest BCUT2D eigenvalue weighted by atomic mass is 19.3. The number of alkyl halides is 2. The zero-order chi connectivity index (χ0) is 13.9. The first-order valence-electron chi connectivity index (χ1n) is 4.55. The third-order valence-corrected chi connectivity index (χ3v) is 1.99. The Morgan fingerprint density at radius 1 is 1.61 bits per heavy atom. The maximum absolute atomic E-state index is 13.5. The van der Waals surface area contributed by atoms with E-state index in [0.717, 1.165) is 7.11 Å². The Morgan fingerprint density at radius 3 is 2.67 bits per heavy atom. The molecule has 0 aliphatic heterocycles. The Bertz CT molecular complexity index is 493. The number of halogens is 3. The molecule has 1 rings (SSSR count). The van der Waals surface area contributed by atoms with Gasteiger partial charge >= 0.3 is 11.7 Å². The summed E-state index contributed by atoms with van der Waals surface area (Å²) >= 11 is 0. The van der Waals surface area contributed by atoms with Crippen LogP contribution < -0.4 is 0 Å². The van der Waals surface area contributed by atoms with Crippen molar-refractivity contribution in [1.82, 2.24) is 4.98 Å². The smallest absolute Gasteiger partial charge is 0.311 e. The van der Waals surface area contributed by atoms with E-state index in [0.29, 0.717) is 6.07 Å². The minimum atomic E-state index is -3.11. The van der Waals surface area contributed by atoms with Gasteiger partial charge in [-0.2, -0.15) is 4.39 Å². The fourth-order valence-corrected chi connectivity index (χ4v) is 1.16. The van der Waals surface area contributed by atoms with Gasteiger partial charge in [0.25, 0.3) is 6.43 Å². The van der Waals surface area contributed by atoms with Crippen LogP contribution >= 0.6 is 0 Å². The molecule has 98 valence electrons. The summed E-state index contributed by atoms with van der Waals surface area (Å²) in [5.74, 6) is -2.36. The Kier molecular flexibility index (Phi) is 4.18. The summed E-state index contributed by atoms with van der Waals surface area (Å²) in [5, 5.41) is 10.5. The number of pyridine rings is 1. The van der Waals surface area contributed by atoms with E-state index in [4.69, 9.17) is 0 Å². The Labute approximate surface area is 98.5 Å². The highest BCUT2D eigenvalue weighted by molar-refractivity contribution is 5.72. The summed E-state index contributed by atoms with van der Waals surface area (Å²) in [4.78, 5) is 23.4. The molecule has 0 bridgehead atoms. The number of nitro groups is 1. The number of nitrogens with zero attached hydrogens (tertiary/aromatic N) is 2. The van der Waals surface area contributed by atoms with Crippen LogP contribution in [-0.2, 0) is 16.0 Å². The van der Waals surface area contributed by atoms with E-state index in [-0.39, 0.29) is 0 Å². The van der Waals surface area contributed by atoms with Crippen molar-refractivity contribution in [2.75, 3.05) is 7.11 Å². The van der Waals surface area contributed by atoms with Crippen LogP contribution in [-0.4, -0.2) is 23.0 Å². The first-order valence-corrected chi connectivity index (χ1v) is 4.55. The van der Waals surface area contributed by atoms with Crippen molar-refractivity contribution in [3.05, 3.63) is 33.4 Å². The topological polar surface area (TPSA) is 82.3 Å². The number of rotatable bonds is 4. The Balaban J connectivity index is 3.31. The molecule has 1 aromatic heterocycles. The molecule has 9 heteroatoms. The lowest BCUT2D eigenvalue weighted by Gasteiger charge is -2.05. The molecule has 1 heterocycles. The van der Waals surface area contributed by atoms with Gasteiger partial charge in [0.1, 0.15) is 5.69 Å². The SMILES string of the molecule is COC(=O)Cc1nc(C(F)F)cc([N+](=O)[O-])c1F. The van der Waals surface area contributed by atoms with Crippen molar-refractivity contribution in [1.29, 1.82) is 0 Å². The molecule has 18 heavy (non-hydrogen) atoms. The van der Waals surface area contributed by atoms with E-state index in [1.165, 1.54) is 0 Å². The van der Waals surface area contributed by atoms with Gasteiger partial charge in [0, 0.05) is 6.07 Å². The van der Waals surface area contributed by atoms with Crippen LogP contribution in [0.1, 0.15) is 17.8 Å². The molecule has 0 saturated carbocycles. The third kappa shape index (κ3) is 2.93. The van der Waals surface area contributed by atoms with Crippen molar-refractivity contribution < 1.29 is 27.6 Å². The number of hydrogen-bond donors (Lipinski definition) is 0. The molecule has 0 atom stereocenters. The van der Waals surface area contributed by atoms with Crippen molar-refractivity contribution in [3.63, 3.8) is 0 Å². The normalized spacial score (nSPS) is 10.5. The van der Waals surface area contributed by atoms with E-state index < -0.39 is 46.6 Å². The van der Waals surface area contributed by atoms with Gasteiger partial charge in [-0.15, -0.1) is 0 Å². The number of carbonyl (C=O) groups excluding carboxylic acids is 1. The van der Waals surface area contributed by atoms with Gasteiger partial charge in [-0.05, 0) is 0 Å². The lowest BCUT2D eigenvalue weighted by molar-refractivity contribution is -0.387. The summed E-state index contributed by atoms with van der Waals surface area (Å²) in [6, 6.07) is 0.334. The van der Waals surface area contributed by atoms with E-state index in [2.05, 4.69) is 9.72 Å². The minimum Gasteiger partial charge on any atom is -0.469 e. The molecular weight excluding hydrogens is 257 g/mol. The second-order valence-corrected chi connectivity index (χ2v) is 3.14. The predicted octanol–water partition coefficient (Wildman–Crippen LogP) is 1.78. The number of carbonyl (C=O) groups is 1. The van der Waals surface area contributed by atoms with Gasteiger partial charge in [0.05, 0.1) is 24.1 Å². The second-order valence-electron chi connectivity index (χ2n) is 3.14. The molecule has 0 unspecified atom stereocenters. The van der Waals surface area contributed by atoms with Gasteiger partial charge in [-0.1, -0.05) is 0 Å². The largest absolute Gasteiger partial charge is 0.469 e. The molecule has 0 radical (unpaired) electrons. The fourth-order valence-electron chi connectivity index (χ4n) is 1.16. The number of aromatic nitrogens is 1. The van der Waals surface area contributed by atoms with Gasteiger partial charge in [0.15, 0.2) is 0 Å². The van der Waals surface area contributed by atoms with E-state index in [1.807, 2.05) is 0 Å². The molecule has 0 spiro atoms. The molecule has 0 amide bonds. The first-order chi connectivity index (χ1) is 8.36. The summed E-state index contributed by atoms with van der Waals surface area (Å²) in [5.41, 5.74) is -2.87. The lowest BCUT2D eigenvalue weighted by Crippen LogP contribution is -2.11. The van der Waals surface area contributed by atoms with Crippen LogP contribution in [0.25, 0.3) is 0 Å². The van der Waals surface area contributed by atoms with Crippen molar-refractivity contribution in [2.45, 2.75) is 12.8 Å². The van der Waals surface area contributed by atoms with E-state index >= 15 is 0 Å². The van der Waals surface area contributed by atoms with Crippen LogP contribution in [0.2, 0.25) is 0 Å². The zero-order valence-electron chi connectivity index (χ0n) is 9.02. The average Bonchev–Trinajstić information content (AvgIpc) is 2.30. The number of esters is 1. The summed E-state index contributed by atoms with van der Waals surface area (Å²) in [6.07, 6.45) is -3.87. The van der Waals surface area contributed by atoms with Crippen LogP contribution in [0.3, 0.4) is 0 Å². The number of methoxy groups -OCH3 is 1. The molecule has 1 aromatic rings. The minimum absolute atomic E-state index is 0.334. The van der Waals surface area contributed by atoms with Crippen LogP contribution in [0.4, 0.5) is 18.9 Å². The second kappa shape index (κ2) is 5.43. The van der Waals surface area contributed by atoms with Crippen LogP contribution in [0.15, 0.2) is 6.07 Å². The third-order valence-electron chi connectivity index (χ3n) is 1.99. The quantitative estimate of drug-likeness (QED) is 0.470. The standard InChI is InChI=1S/C9H7F3N2O4/c1-18-7(15)3-4-8(10)6(14(16)17)2-5(13-4)9(11)12/h2,9H,3H2,1H3. The molecule has 0 N–H and O–H groups in total. The van der Waals surface area contributed by atoms with Crippen molar-refractivity contribution in [2.24, 2.45) is 0 Å². The van der Waals surface area contributed by atoms with Gasteiger partial charge < -0.3 is 4.74 Å². The Morgan fingerprint density at radius 2 is 2.22 bits per heavy atom. The van der Waals surface area contributed by atoms with Crippen molar-refractivity contribution in [3.8, 4) is 0 Å². The van der Waals surface area contributed by atoms with Gasteiger partial charge in [-0.3, -0.25) is 14.9 Å². The molecule has 0 saturated heterocycles. The molecule has 0 aromatic carbocycles.